The van der Waals surface area contributed by atoms with Gasteiger partial charge in [-0.15, -0.1) is 0 Å². The Morgan fingerprint density at radius 1 is 1.41 bits per heavy atom. The molecule has 0 bridgehead atoms. The summed E-state index contributed by atoms with van der Waals surface area (Å²) < 4.78 is 18.9. The van der Waals surface area contributed by atoms with E-state index in [0.29, 0.717) is 22.4 Å². The molecule has 0 saturated heterocycles. The van der Waals surface area contributed by atoms with Gasteiger partial charge in [0.05, 0.1) is 17.6 Å². The van der Waals surface area contributed by atoms with E-state index in [1.807, 2.05) is 6.92 Å². The zero-order valence-corrected chi connectivity index (χ0v) is 9.12. The molecule has 2 heterocycles. The van der Waals surface area contributed by atoms with Crippen molar-refractivity contribution in [3.05, 3.63) is 35.8 Å². The van der Waals surface area contributed by atoms with Gasteiger partial charge in [0.25, 0.3) is 0 Å². The Hall–Kier alpha value is -2.30. The van der Waals surface area contributed by atoms with Crippen LogP contribution in [0, 0.1) is 12.7 Å². The maximum Gasteiger partial charge on any atom is 0.185 e. The number of aromatic nitrogens is 2. The molecule has 0 aliphatic rings. The molecular weight excluding hydrogens is 221 g/mol. The van der Waals surface area contributed by atoms with Crippen LogP contribution in [0.2, 0.25) is 0 Å². The van der Waals surface area contributed by atoms with Crippen molar-refractivity contribution >= 4 is 16.6 Å². The highest BCUT2D eigenvalue weighted by Gasteiger charge is 2.13. The SMILES string of the molecule is Cc1cnoc1-c1cc2c(F)c(N)ccc2[nH]1. The minimum atomic E-state index is -0.415. The van der Waals surface area contributed by atoms with Crippen molar-refractivity contribution in [3.8, 4) is 11.5 Å². The quantitative estimate of drug-likeness (QED) is 0.633. The van der Waals surface area contributed by atoms with Crippen LogP contribution in [-0.2, 0) is 0 Å². The Bertz CT molecular complexity index is 699. The van der Waals surface area contributed by atoms with Crippen LogP contribution in [0.4, 0.5) is 10.1 Å². The van der Waals surface area contributed by atoms with Gasteiger partial charge in [0.15, 0.2) is 11.6 Å². The van der Waals surface area contributed by atoms with Crippen molar-refractivity contribution in [3.63, 3.8) is 0 Å². The molecule has 0 amide bonds. The van der Waals surface area contributed by atoms with Crippen molar-refractivity contribution in [2.45, 2.75) is 6.92 Å². The Balaban J connectivity index is 2.27. The lowest BCUT2D eigenvalue weighted by Crippen LogP contribution is -1.89. The molecule has 1 aromatic carbocycles. The lowest BCUT2D eigenvalue weighted by Gasteiger charge is -1.95. The van der Waals surface area contributed by atoms with E-state index in [1.54, 1.807) is 18.3 Å². The van der Waals surface area contributed by atoms with E-state index in [0.717, 1.165) is 5.56 Å². The number of aryl methyl sites for hydroxylation is 1. The second-order valence-corrected chi connectivity index (χ2v) is 3.95. The van der Waals surface area contributed by atoms with Crippen LogP contribution < -0.4 is 5.73 Å². The third kappa shape index (κ3) is 1.39. The van der Waals surface area contributed by atoms with Gasteiger partial charge >= 0.3 is 0 Å². The van der Waals surface area contributed by atoms with Crippen LogP contribution in [0.3, 0.4) is 0 Å². The maximum atomic E-state index is 13.8. The van der Waals surface area contributed by atoms with Crippen molar-refractivity contribution in [2.75, 3.05) is 5.73 Å². The Morgan fingerprint density at radius 2 is 2.24 bits per heavy atom. The monoisotopic (exact) mass is 231 g/mol. The van der Waals surface area contributed by atoms with Gasteiger partial charge in [-0.2, -0.15) is 0 Å². The number of nitrogens with zero attached hydrogens (tertiary/aromatic N) is 1. The molecule has 3 N–H and O–H groups in total. The van der Waals surface area contributed by atoms with E-state index in [-0.39, 0.29) is 5.69 Å². The molecule has 0 aliphatic heterocycles. The molecule has 0 atom stereocenters. The van der Waals surface area contributed by atoms with Crippen molar-refractivity contribution in [1.29, 1.82) is 0 Å². The number of nitrogens with two attached hydrogens (primary N) is 1. The minimum Gasteiger partial charge on any atom is -0.396 e. The minimum absolute atomic E-state index is 0.136. The average Bonchev–Trinajstić information content (AvgIpc) is 2.89. The van der Waals surface area contributed by atoms with Gasteiger partial charge in [-0.3, -0.25) is 0 Å². The van der Waals surface area contributed by atoms with Crippen molar-refractivity contribution < 1.29 is 8.91 Å². The van der Waals surface area contributed by atoms with Gasteiger partial charge in [0.2, 0.25) is 0 Å². The van der Waals surface area contributed by atoms with Crippen LogP contribution in [-0.4, -0.2) is 10.1 Å². The molecule has 0 spiro atoms. The van der Waals surface area contributed by atoms with E-state index in [2.05, 4.69) is 10.1 Å². The first-order chi connectivity index (χ1) is 8.16. The predicted octanol–water partition coefficient (Wildman–Crippen LogP) is 2.85. The number of hydrogen-bond donors (Lipinski definition) is 2. The molecule has 0 aliphatic carbocycles. The third-order valence-corrected chi connectivity index (χ3v) is 2.76. The largest absolute Gasteiger partial charge is 0.396 e. The lowest BCUT2D eigenvalue weighted by molar-refractivity contribution is 0.431. The second kappa shape index (κ2) is 3.35. The molecule has 17 heavy (non-hydrogen) atoms. The standard InChI is InChI=1S/C12H10FN3O/c1-6-5-15-17-12(6)10-4-7-9(16-10)3-2-8(14)11(7)13/h2-5,16H,14H2,1H3. The Kier molecular flexibility index (Phi) is 1.95. The van der Waals surface area contributed by atoms with Crippen molar-refractivity contribution in [2.24, 2.45) is 0 Å². The average molecular weight is 231 g/mol. The highest BCUT2D eigenvalue weighted by Crippen LogP contribution is 2.29. The van der Waals surface area contributed by atoms with Crippen LogP contribution in [0.1, 0.15) is 5.56 Å². The number of benzene rings is 1. The van der Waals surface area contributed by atoms with E-state index in [9.17, 15) is 4.39 Å². The van der Waals surface area contributed by atoms with Crippen LogP contribution in [0.15, 0.2) is 28.9 Å². The number of fused-ring (bicyclic) bond motifs is 1. The number of nitrogens with one attached hydrogen (secondary N) is 1. The maximum absolute atomic E-state index is 13.8. The predicted molar refractivity (Wildman–Crippen MR) is 62.9 cm³/mol. The second-order valence-electron chi connectivity index (χ2n) is 3.95. The molecule has 0 fully saturated rings. The number of hydrogen-bond acceptors (Lipinski definition) is 3. The van der Waals surface area contributed by atoms with Gasteiger partial charge in [-0.05, 0) is 25.1 Å². The van der Waals surface area contributed by atoms with Crippen LogP contribution >= 0.6 is 0 Å². The molecule has 0 unspecified atom stereocenters. The van der Waals surface area contributed by atoms with Gasteiger partial charge in [0, 0.05) is 16.5 Å². The smallest absolute Gasteiger partial charge is 0.185 e. The number of halogens is 1. The summed E-state index contributed by atoms with van der Waals surface area (Å²) in [4.78, 5) is 3.08. The van der Waals surface area contributed by atoms with Crippen LogP contribution in [0.5, 0.6) is 0 Å². The number of anilines is 1. The Morgan fingerprint density at radius 3 is 2.94 bits per heavy atom. The summed E-state index contributed by atoms with van der Waals surface area (Å²) in [5, 5.41) is 4.15. The zero-order chi connectivity index (χ0) is 12.0. The highest BCUT2D eigenvalue weighted by atomic mass is 19.1. The fourth-order valence-electron chi connectivity index (χ4n) is 1.86. The van der Waals surface area contributed by atoms with Crippen molar-refractivity contribution in [1.82, 2.24) is 10.1 Å². The summed E-state index contributed by atoms with van der Waals surface area (Å²) in [5.74, 6) is 0.196. The summed E-state index contributed by atoms with van der Waals surface area (Å²) in [6.07, 6.45) is 1.62. The zero-order valence-electron chi connectivity index (χ0n) is 9.12. The summed E-state index contributed by atoms with van der Waals surface area (Å²) >= 11 is 0. The van der Waals surface area contributed by atoms with E-state index >= 15 is 0 Å². The lowest BCUT2D eigenvalue weighted by atomic mass is 10.2. The normalized spacial score (nSPS) is 11.2. The van der Waals surface area contributed by atoms with Gasteiger partial charge in [-0.1, -0.05) is 5.16 Å². The number of H-pyrrole nitrogens is 1. The summed E-state index contributed by atoms with van der Waals surface area (Å²) in [7, 11) is 0. The van der Waals surface area contributed by atoms with Gasteiger partial charge < -0.3 is 15.2 Å². The van der Waals surface area contributed by atoms with Gasteiger partial charge in [0.1, 0.15) is 0 Å². The first kappa shape index (κ1) is 9.89. The summed E-state index contributed by atoms with van der Waals surface area (Å²) in [6, 6.07) is 4.95. The third-order valence-electron chi connectivity index (χ3n) is 2.76. The molecule has 3 rings (SSSR count). The number of rotatable bonds is 1. The highest BCUT2D eigenvalue weighted by molar-refractivity contribution is 5.88. The molecule has 2 aromatic heterocycles. The topological polar surface area (TPSA) is 67.8 Å². The fourth-order valence-corrected chi connectivity index (χ4v) is 1.86. The summed E-state index contributed by atoms with van der Waals surface area (Å²) in [6.45, 7) is 1.88. The molecule has 0 radical (unpaired) electrons. The molecule has 3 aromatic rings. The molecule has 86 valence electrons. The molecule has 0 saturated carbocycles. The van der Waals surface area contributed by atoms with E-state index in [1.165, 1.54) is 6.07 Å². The molecular formula is C12H10FN3O. The number of nitrogen functional groups attached to an aromatic ring is 1. The first-order valence-corrected chi connectivity index (χ1v) is 5.15. The van der Waals surface area contributed by atoms with E-state index < -0.39 is 5.82 Å². The molecule has 5 heteroatoms. The fraction of sp³-hybridized carbons (Fsp3) is 0.0833. The van der Waals surface area contributed by atoms with Gasteiger partial charge in [-0.25, -0.2) is 4.39 Å². The van der Waals surface area contributed by atoms with Crippen LogP contribution in [0.25, 0.3) is 22.4 Å². The summed E-state index contributed by atoms with van der Waals surface area (Å²) in [5.41, 5.74) is 7.93. The Labute approximate surface area is 96.2 Å². The first-order valence-electron chi connectivity index (χ1n) is 5.15. The van der Waals surface area contributed by atoms with E-state index in [4.69, 9.17) is 10.3 Å². The number of aromatic amines is 1. The molecule has 4 nitrogen and oxygen atoms in total.